The van der Waals surface area contributed by atoms with Crippen LogP contribution in [0.4, 0.5) is 10.6 Å². The maximum atomic E-state index is 12.8. The van der Waals surface area contributed by atoms with Crippen molar-refractivity contribution in [3.63, 3.8) is 0 Å². The summed E-state index contributed by atoms with van der Waals surface area (Å²) in [6, 6.07) is 3.46. The number of likely N-dealkylation sites (N-methyl/N-ethyl adjacent to an activating group) is 1. The molecule has 1 saturated heterocycles. The van der Waals surface area contributed by atoms with Crippen LogP contribution in [0.15, 0.2) is 18.6 Å². The first-order chi connectivity index (χ1) is 18.5. The minimum atomic E-state index is -0.316. The van der Waals surface area contributed by atoms with Gasteiger partial charge in [-0.3, -0.25) is 9.36 Å². The van der Waals surface area contributed by atoms with Gasteiger partial charge in [-0.2, -0.15) is 5.26 Å². The van der Waals surface area contributed by atoms with Crippen molar-refractivity contribution in [2.45, 2.75) is 25.8 Å². The number of hydrogen-bond donors (Lipinski definition) is 2. The van der Waals surface area contributed by atoms with Crippen LogP contribution in [0.3, 0.4) is 0 Å². The van der Waals surface area contributed by atoms with Crippen molar-refractivity contribution in [1.29, 1.82) is 5.26 Å². The molecule has 0 unspecified atom stereocenters. The van der Waals surface area contributed by atoms with Crippen LogP contribution < -0.4 is 16.0 Å². The van der Waals surface area contributed by atoms with Crippen LogP contribution in [-0.2, 0) is 19.0 Å². The summed E-state index contributed by atoms with van der Waals surface area (Å²) in [5.74, 6) is 0.846. The second-order valence-corrected chi connectivity index (χ2v) is 9.10. The lowest BCUT2D eigenvalue weighted by molar-refractivity contribution is -0.131. The number of nitrogens with two attached hydrogens (primary N) is 1. The van der Waals surface area contributed by atoms with Crippen LogP contribution in [0.1, 0.15) is 19.8 Å². The fourth-order valence-electron chi connectivity index (χ4n) is 4.44. The monoisotopic (exact) mass is 530 g/mol. The molecule has 0 aromatic carbocycles. The predicted octanol–water partition coefficient (Wildman–Crippen LogP) is 0.584. The number of fused-ring (bicyclic) bond motifs is 1. The van der Waals surface area contributed by atoms with Gasteiger partial charge in [0.25, 0.3) is 0 Å². The second-order valence-electron chi connectivity index (χ2n) is 9.10. The molecule has 0 radical (unpaired) electrons. The van der Waals surface area contributed by atoms with Gasteiger partial charge in [0.2, 0.25) is 5.91 Å². The molecule has 13 nitrogen and oxygen atoms in total. The minimum Gasteiger partial charge on any atom is -0.378 e. The van der Waals surface area contributed by atoms with Crippen LogP contribution in [0, 0.1) is 17.2 Å². The molecular formula is C25H38N8O5. The molecule has 1 aliphatic heterocycles. The van der Waals surface area contributed by atoms with E-state index in [1.54, 1.807) is 11.1 Å². The Bertz CT molecular complexity index is 1090. The van der Waals surface area contributed by atoms with Gasteiger partial charge in [-0.1, -0.05) is 6.92 Å². The number of amides is 2. The number of nitrogens with zero attached hydrogens (tertiary/aromatic N) is 6. The van der Waals surface area contributed by atoms with Gasteiger partial charge in [0.05, 0.1) is 57.1 Å². The van der Waals surface area contributed by atoms with E-state index in [1.165, 1.54) is 10.9 Å². The Balaban J connectivity index is 1.52. The molecule has 13 heteroatoms. The first-order valence-corrected chi connectivity index (χ1v) is 12.9. The lowest BCUT2D eigenvalue weighted by Gasteiger charge is -2.42. The largest absolute Gasteiger partial charge is 0.378 e. The van der Waals surface area contributed by atoms with Gasteiger partial charge in [0.15, 0.2) is 5.65 Å². The highest BCUT2D eigenvalue weighted by Crippen LogP contribution is 2.29. The lowest BCUT2D eigenvalue weighted by Crippen LogP contribution is -2.52. The molecule has 3 heterocycles. The summed E-state index contributed by atoms with van der Waals surface area (Å²) in [5.41, 5.74) is 5.84. The SMILES string of the molecule is C[C@@H]1CCN(C(=O)CC#N)C[C@@H]1N(C)c1ncnc2c1ccn2C(=O)NCCOCCOCCOCCN. The van der Waals surface area contributed by atoms with E-state index in [0.29, 0.717) is 83.2 Å². The second kappa shape index (κ2) is 15.2. The molecular weight excluding hydrogens is 492 g/mol. The Morgan fingerprint density at radius 2 is 1.89 bits per heavy atom. The first-order valence-electron chi connectivity index (χ1n) is 12.9. The van der Waals surface area contributed by atoms with Crippen molar-refractivity contribution in [2.24, 2.45) is 11.7 Å². The summed E-state index contributed by atoms with van der Waals surface area (Å²) in [6.45, 7) is 6.84. The third-order valence-corrected chi connectivity index (χ3v) is 6.54. The number of carbonyl (C=O) groups is 2. The van der Waals surface area contributed by atoms with E-state index in [1.807, 2.05) is 24.1 Å². The summed E-state index contributed by atoms with van der Waals surface area (Å²) in [4.78, 5) is 37.7. The third kappa shape index (κ3) is 7.84. The molecule has 0 saturated carbocycles. The Kier molecular flexibility index (Phi) is 11.7. The summed E-state index contributed by atoms with van der Waals surface area (Å²) in [6.07, 6.45) is 3.82. The molecule has 208 valence electrons. The quantitative estimate of drug-likeness (QED) is 0.331. The van der Waals surface area contributed by atoms with Crippen molar-refractivity contribution in [3.05, 3.63) is 18.6 Å². The standard InChI is InChI=1S/C25H38N8O5/c1-19-4-9-32(22(34)3-6-26)17-21(19)31(2)23-20-5-10-33(24(20)30-18-29-23)25(35)28-8-12-37-14-16-38-15-13-36-11-7-27/h5,10,18-19,21H,3-4,7-9,11-17,27H2,1-2H3,(H,28,35)/t19-,21+/m1/s1. The van der Waals surface area contributed by atoms with Crippen molar-refractivity contribution in [1.82, 2.24) is 24.8 Å². The van der Waals surface area contributed by atoms with E-state index in [4.69, 9.17) is 25.2 Å². The Morgan fingerprint density at radius 3 is 2.61 bits per heavy atom. The number of aromatic nitrogens is 3. The van der Waals surface area contributed by atoms with Gasteiger partial charge in [-0.25, -0.2) is 14.8 Å². The van der Waals surface area contributed by atoms with E-state index in [-0.39, 0.29) is 24.4 Å². The highest BCUT2D eigenvalue weighted by atomic mass is 16.5. The lowest BCUT2D eigenvalue weighted by atomic mass is 9.92. The molecule has 0 aliphatic carbocycles. The van der Waals surface area contributed by atoms with E-state index < -0.39 is 0 Å². The molecule has 1 fully saturated rings. The summed E-state index contributed by atoms with van der Waals surface area (Å²) in [5, 5.41) is 12.5. The molecule has 2 atom stereocenters. The molecule has 2 amide bonds. The van der Waals surface area contributed by atoms with E-state index in [0.717, 1.165) is 11.8 Å². The third-order valence-electron chi connectivity index (χ3n) is 6.54. The average Bonchev–Trinajstić information content (AvgIpc) is 3.36. The number of ether oxygens (including phenoxy) is 3. The van der Waals surface area contributed by atoms with Gasteiger partial charge in [-0.15, -0.1) is 0 Å². The Hall–Kier alpha value is -3.31. The van der Waals surface area contributed by atoms with Crippen LogP contribution in [0.25, 0.3) is 11.0 Å². The van der Waals surface area contributed by atoms with Gasteiger partial charge >= 0.3 is 6.03 Å². The van der Waals surface area contributed by atoms with Crippen LogP contribution in [0.5, 0.6) is 0 Å². The fraction of sp³-hybridized carbons (Fsp3) is 0.640. The molecule has 38 heavy (non-hydrogen) atoms. The zero-order valence-corrected chi connectivity index (χ0v) is 22.2. The summed E-state index contributed by atoms with van der Waals surface area (Å²) >= 11 is 0. The van der Waals surface area contributed by atoms with Crippen LogP contribution >= 0.6 is 0 Å². The summed E-state index contributed by atoms with van der Waals surface area (Å²) in [7, 11) is 1.94. The van der Waals surface area contributed by atoms with Crippen molar-refractivity contribution in [3.8, 4) is 6.07 Å². The van der Waals surface area contributed by atoms with Crippen molar-refractivity contribution >= 4 is 28.8 Å². The number of carbonyl (C=O) groups excluding carboxylic acids is 2. The van der Waals surface area contributed by atoms with Gasteiger partial charge in [0, 0.05) is 39.4 Å². The number of likely N-dealkylation sites (tertiary alicyclic amines) is 1. The predicted molar refractivity (Wildman–Crippen MR) is 141 cm³/mol. The van der Waals surface area contributed by atoms with Crippen molar-refractivity contribution in [2.75, 3.05) is 77.8 Å². The Labute approximate surface area is 222 Å². The molecule has 3 N–H and O–H groups in total. The molecule has 2 aromatic rings. The zero-order valence-electron chi connectivity index (χ0n) is 22.2. The number of nitriles is 1. The van der Waals surface area contributed by atoms with Gasteiger partial charge in [0.1, 0.15) is 18.6 Å². The maximum absolute atomic E-state index is 12.8. The molecule has 0 bridgehead atoms. The maximum Gasteiger partial charge on any atom is 0.327 e. The van der Waals surface area contributed by atoms with E-state index >= 15 is 0 Å². The van der Waals surface area contributed by atoms with Gasteiger partial charge < -0.3 is 35.1 Å². The number of anilines is 1. The topological polar surface area (TPSA) is 161 Å². The van der Waals surface area contributed by atoms with Gasteiger partial charge in [-0.05, 0) is 18.4 Å². The van der Waals surface area contributed by atoms with Crippen molar-refractivity contribution < 1.29 is 23.8 Å². The average molecular weight is 531 g/mol. The zero-order chi connectivity index (χ0) is 27.3. The minimum absolute atomic E-state index is 0.0151. The normalized spacial score (nSPS) is 17.4. The smallest absolute Gasteiger partial charge is 0.327 e. The van der Waals surface area contributed by atoms with Crippen LogP contribution in [0.2, 0.25) is 0 Å². The Morgan fingerprint density at radius 1 is 1.18 bits per heavy atom. The fourth-order valence-corrected chi connectivity index (χ4v) is 4.44. The van der Waals surface area contributed by atoms with Crippen LogP contribution in [-0.4, -0.2) is 110 Å². The molecule has 0 spiro atoms. The van der Waals surface area contributed by atoms with E-state index in [2.05, 4.69) is 22.2 Å². The van der Waals surface area contributed by atoms with E-state index in [9.17, 15) is 9.59 Å². The summed E-state index contributed by atoms with van der Waals surface area (Å²) < 4.78 is 17.6. The molecule has 1 aliphatic rings. The highest BCUT2D eigenvalue weighted by Gasteiger charge is 2.32. The first kappa shape index (κ1) is 29.2. The molecule has 3 rings (SSSR count). The number of piperidine rings is 1. The number of hydrogen-bond acceptors (Lipinski definition) is 10. The number of rotatable bonds is 14. The highest BCUT2D eigenvalue weighted by molar-refractivity contribution is 5.94. The molecule has 2 aromatic heterocycles. The number of nitrogens with one attached hydrogen (secondary N) is 1.